The van der Waals surface area contributed by atoms with Crippen LogP contribution in [0.25, 0.3) is 0 Å². The molecule has 0 bridgehead atoms. The van der Waals surface area contributed by atoms with E-state index in [9.17, 15) is 28.0 Å². The van der Waals surface area contributed by atoms with E-state index in [4.69, 9.17) is 5.73 Å². The lowest BCUT2D eigenvalue weighted by molar-refractivity contribution is -0.137. The first kappa shape index (κ1) is 19.4. The van der Waals surface area contributed by atoms with Crippen LogP contribution < -0.4 is 11.1 Å². The van der Waals surface area contributed by atoms with Gasteiger partial charge in [-0.1, -0.05) is 0 Å². The Morgan fingerprint density at radius 3 is 2.57 bits per heavy atom. The molecular weight excluding hydrogens is 375 g/mol. The number of nitrogens with two attached hydrogens (primary N) is 1. The van der Waals surface area contributed by atoms with E-state index in [1.807, 2.05) is 0 Å². The average molecular weight is 391 g/mol. The van der Waals surface area contributed by atoms with Gasteiger partial charge in [0.1, 0.15) is 11.3 Å². The van der Waals surface area contributed by atoms with Crippen molar-refractivity contribution < 1.29 is 22.8 Å². The number of nitriles is 1. The lowest BCUT2D eigenvalue weighted by Crippen LogP contribution is -2.27. The number of carbonyl (C=O) groups excluding carboxylic acids is 2. The summed E-state index contributed by atoms with van der Waals surface area (Å²) in [6.07, 6.45) is -2.26. The van der Waals surface area contributed by atoms with Crippen molar-refractivity contribution in [2.45, 2.75) is 31.5 Å². The highest BCUT2D eigenvalue weighted by molar-refractivity contribution is 5.98. The van der Waals surface area contributed by atoms with Gasteiger partial charge in [-0.3, -0.25) is 14.3 Å². The second-order valence-electron chi connectivity index (χ2n) is 6.52. The number of nitrogens with one attached hydrogen (secondary N) is 1. The Labute approximate surface area is 157 Å². The topological polar surface area (TPSA) is 114 Å². The Kier molecular flexibility index (Phi) is 5.09. The molecule has 0 spiro atoms. The van der Waals surface area contributed by atoms with Crippen molar-refractivity contribution in [2.75, 3.05) is 5.32 Å². The van der Waals surface area contributed by atoms with Crippen LogP contribution in [0.2, 0.25) is 0 Å². The third-order valence-electron chi connectivity index (χ3n) is 4.61. The fourth-order valence-corrected chi connectivity index (χ4v) is 3.16. The number of anilines is 2. The fraction of sp³-hybridized carbons (Fsp3) is 0.333. The number of hydrogen-bond acceptors (Lipinski definition) is 5. The lowest BCUT2D eigenvalue weighted by Gasteiger charge is -2.26. The number of ketones is 1. The fourth-order valence-electron chi connectivity index (χ4n) is 3.16. The van der Waals surface area contributed by atoms with E-state index >= 15 is 0 Å². The number of benzene rings is 1. The molecule has 0 radical (unpaired) electrons. The second-order valence-corrected chi connectivity index (χ2v) is 6.52. The number of halogens is 3. The van der Waals surface area contributed by atoms with E-state index in [0.29, 0.717) is 12.8 Å². The van der Waals surface area contributed by atoms with Crippen molar-refractivity contribution in [1.82, 2.24) is 9.78 Å². The zero-order valence-corrected chi connectivity index (χ0v) is 14.5. The Balaban J connectivity index is 1.88. The number of carbonyl (C=O) groups is 2. The van der Waals surface area contributed by atoms with Crippen molar-refractivity contribution in [3.63, 3.8) is 0 Å². The first-order chi connectivity index (χ1) is 13.2. The molecule has 2 atom stereocenters. The zero-order valence-electron chi connectivity index (χ0n) is 14.5. The summed E-state index contributed by atoms with van der Waals surface area (Å²) in [7, 11) is 0. The minimum atomic E-state index is -4.46. The number of amides is 1. The third-order valence-corrected chi connectivity index (χ3v) is 4.61. The van der Waals surface area contributed by atoms with E-state index in [1.165, 1.54) is 23.0 Å². The molecule has 28 heavy (non-hydrogen) atoms. The van der Waals surface area contributed by atoms with E-state index in [-0.39, 0.29) is 29.3 Å². The maximum atomic E-state index is 12.7. The van der Waals surface area contributed by atoms with Crippen LogP contribution in [0.5, 0.6) is 0 Å². The van der Waals surface area contributed by atoms with Crippen molar-refractivity contribution >= 4 is 23.2 Å². The minimum Gasteiger partial charge on any atom is -0.365 e. The Hall–Kier alpha value is -3.35. The molecule has 1 aromatic heterocycles. The standard InChI is InChI=1S/C18H16F3N5O2/c19-18(20,21)11-1-3-12(4-2-11)24-17-14(16(23)28)9-26(25-17)15-6-5-13(27)7-10(15)8-22/h1-4,9-10,15H,5-7H2,(H2,23,28)(H,24,25)/t10-,15+/m1/s1. The van der Waals surface area contributed by atoms with Crippen LogP contribution in [-0.2, 0) is 11.0 Å². The van der Waals surface area contributed by atoms with Gasteiger partial charge in [0.25, 0.3) is 5.91 Å². The summed E-state index contributed by atoms with van der Waals surface area (Å²) in [5, 5.41) is 16.4. The van der Waals surface area contributed by atoms with Gasteiger partial charge in [-0.2, -0.15) is 23.5 Å². The van der Waals surface area contributed by atoms with E-state index in [2.05, 4.69) is 16.5 Å². The van der Waals surface area contributed by atoms with Crippen LogP contribution in [0, 0.1) is 17.2 Å². The first-order valence-corrected chi connectivity index (χ1v) is 8.43. The molecule has 1 saturated carbocycles. The molecule has 2 aromatic rings. The monoisotopic (exact) mass is 391 g/mol. The van der Waals surface area contributed by atoms with Crippen molar-refractivity contribution in [1.29, 1.82) is 5.26 Å². The van der Waals surface area contributed by atoms with Gasteiger partial charge >= 0.3 is 6.18 Å². The summed E-state index contributed by atoms with van der Waals surface area (Å²) < 4.78 is 39.5. The number of nitrogens with zero attached hydrogens (tertiary/aromatic N) is 3. The zero-order chi connectivity index (χ0) is 20.5. The molecule has 7 nitrogen and oxygen atoms in total. The lowest BCUT2D eigenvalue weighted by atomic mass is 9.85. The van der Waals surface area contributed by atoms with Gasteiger partial charge in [0.05, 0.1) is 23.6 Å². The quantitative estimate of drug-likeness (QED) is 0.831. The minimum absolute atomic E-state index is 0.00631. The van der Waals surface area contributed by atoms with Crippen molar-refractivity contribution in [3.8, 4) is 6.07 Å². The van der Waals surface area contributed by atoms with Gasteiger partial charge < -0.3 is 11.1 Å². The smallest absolute Gasteiger partial charge is 0.365 e. The summed E-state index contributed by atoms with van der Waals surface area (Å²) in [4.78, 5) is 23.3. The average Bonchev–Trinajstić information content (AvgIpc) is 3.05. The van der Waals surface area contributed by atoms with Crippen LogP contribution in [0.4, 0.5) is 24.7 Å². The summed E-state index contributed by atoms with van der Waals surface area (Å²) in [6, 6.07) is 5.92. The predicted molar refractivity (Wildman–Crippen MR) is 92.5 cm³/mol. The summed E-state index contributed by atoms with van der Waals surface area (Å²) in [5.41, 5.74) is 4.90. The molecule has 3 rings (SSSR count). The molecule has 0 unspecified atom stereocenters. The highest BCUT2D eigenvalue weighted by Gasteiger charge is 2.33. The second kappa shape index (κ2) is 7.34. The summed E-state index contributed by atoms with van der Waals surface area (Å²) >= 11 is 0. The van der Waals surface area contributed by atoms with Gasteiger partial charge in [0.2, 0.25) is 0 Å². The van der Waals surface area contributed by atoms with E-state index in [1.54, 1.807) is 0 Å². The molecule has 0 saturated heterocycles. The summed E-state index contributed by atoms with van der Waals surface area (Å²) in [6.45, 7) is 0. The molecule has 1 heterocycles. The number of Topliss-reactive ketones (excluding diaryl/α,β-unsaturated/α-hetero) is 1. The maximum Gasteiger partial charge on any atom is 0.416 e. The van der Waals surface area contributed by atoms with Crippen LogP contribution in [-0.4, -0.2) is 21.5 Å². The molecule has 0 aliphatic heterocycles. The maximum absolute atomic E-state index is 12.7. The van der Waals surface area contributed by atoms with Crippen LogP contribution in [0.15, 0.2) is 30.5 Å². The third kappa shape index (κ3) is 3.98. The first-order valence-electron chi connectivity index (χ1n) is 8.43. The Bertz CT molecular complexity index is 944. The Morgan fingerprint density at radius 2 is 2.00 bits per heavy atom. The molecule has 1 aliphatic rings. The van der Waals surface area contributed by atoms with Crippen LogP contribution >= 0.6 is 0 Å². The van der Waals surface area contributed by atoms with Crippen molar-refractivity contribution in [2.24, 2.45) is 11.7 Å². The molecule has 1 fully saturated rings. The summed E-state index contributed by atoms with van der Waals surface area (Å²) in [5.74, 6) is -1.30. The number of aromatic nitrogens is 2. The van der Waals surface area contributed by atoms with Crippen molar-refractivity contribution in [3.05, 3.63) is 41.6 Å². The molecule has 1 amide bonds. The van der Waals surface area contributed by atoms with Crippen LogP contribution in [0.1, 0.15) is 41.2 Å². The van der Waals surface area contributed by atoms with Gasteiger partial charge in [-0.25, -0.2) is 0 Å². The largest absolute Gasteiger partial charge is 0.416 e. The SMILES string of the molecule is N#C[C@H]1CC(=O)CC[C@@H]1n1cc(C(N)=O)c(Nc2ccc(C(F)(F)F)cc2)n1. The molecule has 1 aliphatic carbocycles. The molecule has 146 valence electrons. The van der Waals surface area contributed by atoms with E-state index in [0.717, 1.165) is 12.1 Å². The molecule has 3 N–H and O–H groups in total. The molecule has 1 aromatic carbocycles. The Morgan fingerprint density at radius 1 is 1.32 bits per heavy atom. The normalized spacial score (nSPS) is 19.9. The van der Waals surface area contributed by atoms with Crippen LogP contribution in [0.3, 0.4) is 0 Å². The number of hydrogen-bond donors (Lipinski definition) is 2. The molecular formula is C18H16F3N5O2. The van der Waals surface area contributed by atoms with Gasteiger partial charge in [-0.15, -0.1) is 0 Å². The number of rotatable bonds is 4. The molecule has 10 heteroatoms. The highest BCUT2D eigenvalue weighted by atomic mass is 19.4. The highest BCUT2D eigenvalue weighted by Crippen LogP contribution is 2.34. The van der Waals surface area contributed by atoms with Gasteiger partial charge in [0.15, 0.2) is 5.82 Å². The number of alkyl halides is 3. The van der Waals surface area contributed by atoms with Gasteiger partial charge in [-0.05, 0) is 30.7 Å². The predicted octanol–water partition coefficient (Wildman–Crippen LogP) is 3.18. The van der Waals surface area contributed by atoms with E-state index < -0.39 is 29.6 Å². The van der Waals surface area contributed by atoms with Gasteiger partial charge in [0, 0.05) is 24.7 Å². The number of primary amides is 1.